The summed E-state index contributed by atoms with van der Waals surface area (Å²) in [5, 5.41) is 11.8. The van der Waals surface area contributed by atoms with Crippen LogP contribution in [0.15, 0.2) is 12.1 Å². The van der Waals surface area contributed by atoms with E-state index >= 15 is 0 Å². The summed E-state index contributed by atoms with van der Waals surface area (Å²) in [7, 11) is 0. The van der Waals surface area contributed by atoms with E-state index in [0.717, 1.165) is 17.3 Å². The second-order valence-corrected chi connectivity index (χ2v) is 6.95. The molecule has 0 radical (unpaired) electrons. The number of nitrogens with one attached hydrogen (secondary N) is 1. The topological polar surface area (TPSA) is 66.4 Å². The van der Waals surface area contributed by atoms with Crippen molar-refractivity contribution < 1.29 is 23.5 Å². The van der Waals surface area contributed by atoms with Crippen molar-refractivity contribution in [1.29, 1.82) is 0 Å². The Kier molecular flexibility index (Phi) is 5.46. The Bertz CT molecular complexity index is 563. The number of carbonyl (C=O) groups is 2. The molecule has 114 valence electrons. The average molecular weight is 333 g/mol. The molecule has 21 heavy (non-hydrogen) atoms. The summed E-state index contributed by atoms with van der Waals surface area (Å²) in [6, 6.07) is 1.15. The quantitative estimate of drug-likeness (QED) is 0.885. The molecule has 2 rings (SSSR count). The van der Waals surface area contributed by atoms with Gasteiger partial charge in [-0.25, -0.2) is 13.6 Å². The Morgan fingerprint density at radius 3 is 2.48 bits per heavy atom. The number of hydrogen-bond acceptors (Lipinski definition) is 4. The van der Waals surface area contributed by atoms with Crippen molar-refractivity contribution in [3.63, 3.8) is 0 Å². The fourth-order valence-electron chi connectivity index (χ4n) is 1.87. The van der Waals surface area contributed by atoms with Crippen LogP contribution in [0, 0.1) is 11.6 Å². The first-order valence-electron chi connectivity index (χ1n) is 6.19. The van der Waals surface area contributed by atoms with Gasteiger partial charge in [-0.15, -0.1) is 0 Å². The SMILES string of the molecule is O=C(O)c1cc(F)c(F)cc1C(=O)NCC1CSCCS1. The van der Waals surface area contributed by atoms with Gasteiger partial charge >= 0.3 is 5.97 Å². The summed E-state index contributed by atoms with van der Waals surface area (Å²) >= 11 is 3.52. The molecular formula is C13H13F2NO3S2. The van der Waals surface area contributed by atoms with E-state index in [2.05, 4.69) is 5.32 Å². The zero-order valence-electron chi connectivity index (χ0n) is 10.9. The van der Waals surface area contributed by atoms with Crippen LogP contribution in [-0.2, 0) is 0 Å². The largest absolute Gasteiger partial charge is 0.478 e. The van der Waals surface area contributed by atoms with E-state index < -0.39 is 29.1 Å². The lowest BCUT2D eigenvalue weighted by molar-refractivity contribution is 0.0690. The van der Waals surface area contributed by atoms with Gasteiger partial charge in [0, 0.05) is 29.1 Å². The molecule has 1 aromatic rings. The number of hydrogen-bond donors (Lipinski definition) is 2. The second-order valence-electron chi connectivity index (χ2n) is 4.39. The van der Waals surface area contributed by atoms with Crippen LogP contribution in [0.3, 0.4) is 0 Å². The van der Waals surface area contributed by atoms with Gasteiger partial charge in [0.15, 0.2) is 11.6 Å². The third-order valence-corrected chi connectivity index (χ3v) is 5.76. The number of rotatable bonds is 4. The maximum absolute atomic E-state index is 13.2. The van der Waals surface area contributed by atoms with Crippen LogP contribution in [0.1, 0.15) is 20.7 Å². The molecule has 0 saturated carbocycles. The van der Waals surface area contributed by atoms with Crippen molar-refractivity contribution in [2.24, 2.45) is 0 Å². The van der Waals surface area contributed by atoms with Crippen LogP contribution in [-0.4, -0.2) is 46.0 Å². The van der Waals surface area contributed by atoms with E-state index in [4.69, 9.17) is 5.11 Å². The molecular weight excluding hydrogens is 320 g/mol. The molecule has 0 aliphatic carbocycles. The first-order chi connectivity index (χ1) is 9.99. The molecule has 0 bridgehead atoms. The van der Waals surface area contributed by atoms with E-state index in [1.165, 1.54) is 0 Å². The Morgan fingerprint density at radius 2 is 1.90 bits per heavy atom. The van der Waals surface area contributed by atoms with Gasteiger partial charge in [-0.1, -0.05) is 0 Å². The molecule has 0 aromatic heterocycles. The summed E-state index contributed by atoms with van der Waals surface area (Å²) < 4.78 is 26.3. The number of aromatic carboxylic acids is 1. The maximum atomic E-state index is 13.2. The summed E-state index contributed by atoms with van der Waals surface area (Å²) in [4.78, 5) is 23.0. The Labute approximate surface area is 128 Å². The van der Waals surface area contributed by atoms with Crippen molar-refractivity contribution in [2.45, 2.75) is 5.25 Å². The maximum Gasteiger partial charge on any atom is 0.336 e. The van der Waals surface area contributed by atoms with Gasteiger partial charge in [-0.05, 0) is 12.1 Å². The number of thioether (sulfide) groups is 2. The summed E-state index contributed by atoms with van der Waals surface area (Å²) in [5.74, 6) is -1.74. The van der Waals surface area contributed by atoms with Gasteiger partial charge in [0.25, 0.3) is 5.91 Å². The minimum Gasteiger partial charge on any atom is -0.478 e. The highest BCUT2D eigenvalue weighted by atomic mass is 32.2. The number of carboxylic acids is 1. The van der Waals surface area contributed by atoms with Crippen molar-refractivity contribution >= 4 is 35.4 Å². The normalized spacial score (nSPS) is 18.3. The molecule has 2 N–H and O–H groups in total. The lowest BCUT2D eigenvalue weighted by Crippen LogP contribution is -2.34. The Balaban J connectivity index is 2.10. The number of carboxylic acid groups (broad SMARTS) is 1. The monoisotopic (exact) mass is 333 g/mol. The van der Waals surface area contributed by atoms with Gasteiger partial charge in [0.1, 0.15) is 0 Å². The van der Waals surface area contributed by atoms with Crippen molar-refractivity contribution in [1.82, 2.24) is 5.32 Å². The van der Waals surface area contributed by atoms with Crippen LogP contribution in [0.4, 0.5) is 8.78 Å². The molecule has 4 nitrogen and oxygen atoms in total. The Hall–Kier alpha value is -1.28. The first kappa shape index (κ1) is 16.1. The van der Waals surface area contributed by atoms with Crippen molar-refractivity contribution in [2.75, 3.05) is 23.8 Å². The number of benzene rings is 1. The van der Waals surface area contributed by atoms with Crippen LogP contribution >= 0.6 is 23.5 Å². The highest BCUT2D eigenvalue weighted by Gasteiger charge is 2.22. The zero-order chi connectivity index (χ0) is 15.4. The summed E-state index contributed by atoms with van der Waals surface area (Å²) in [6.07, 6.45) is 0. The number of amides is 1. The fourth-order valence-corrected chi connectivity index (χ4v) is 4.48. The van der Waals surface area contributed by atoms with Gasteiger partial charge in [0.05, 0.1) is 11.1 Å². The second kappa shape index (κ2) is 7.13. The molecule has 1 heterocycles. The minimum absolute atomic E-state index is 0.242. The van der Waals surface area contributed by atoms with Gasteiger partial charge in [-0.2, -0.15) is 23.5 Å². The van der Waals surface area contributed by atoms with Crippen LogP contribution in [0.25, 0.3) is 0 Å². The molecule has 1 aliphatic heterocycles. The molecule has 1 amide bonds. The average Bonchev–Trinajstić information content (AvgIpc) is 2.48. The van der Waals surface area contributed by atoms with Crippen LogP contribution in [0.2, 0.25) is 0 Å². The van der Waals surface area contributed by atoms with E-state index in [9.17, 15) is 18.4 Å². The molecule has 0 spiro atoms. The van der Waals surface area contributed by atoms with Crippen molar-refractivity contribution in [3.8, 4) is 0 Å². The first-order valence-corrected chi connectivity index (χ1v) is 8.39. The van der Waals surface area contributed by atoms with Crippen LogP contribution in [0.5, 0.6) is 0 Å². The number of halogens is 2. The highest BCUT2D eigenvalue weighted by Crippen LogP contribution is 2.23. The molecule has 1 atom stereocenters. The predicted octanol–water partition coefficient (Wildman–Crippen LogP) is 2.24. The van der Waals surface area contributed by atoms with E-state index in [1.807, 2.05) is 0 Å². The van der Waals surface area contributed by atoms with E-state index in [1.54, 1.807) is 23.5 Å². The summed E-state index contributed by atoms with van der Waals surface area (Å²) in [5.41, 5.74) is -0.910. The fraction of sp³-hybridized carbons (Fsp3) is 0.385. The highest BCUT2D eigenvalue weighted by molar-refractivity contribution is 8.06. The number of carbonyl (C=O) groups excluding carboxylic acids is 1. The predicted molar refractivity (Wildman–Crippen MR) is 79.2 cm³/mol. The Morgan fingerprint density at radius 1 is 1.24 bits per heavy atom. The van der Waals surface area contributed by atoms with Crippen LogP contribution < -0.4 is 5.32 Å². The third-order valence-electron chi connectivity index (χ3n) is 2.91. The zero-order valence-corrected chi connectivity index (χ0v) is 12.5. The summed E-state index contributed by atoms with van der Waals surface area (Å²) in [6.45, 7) is 0.370. The smallest absolute Gasteiger partial charge is 0.336 e. The van der Waals surface area contributed by atoms with E-state index in [0.29, 0.717) is 18.7 Å². The molecule has 1 aliphatic rings. The molecule has 1 saturated heterocycles. The molecule has 1 unspecified atom stereocenters. The van der Waals surface area contributed by atoms with Gasteiger partial charge in [-0.3, -0.25) is 4.79 Å². The molecule has 1 aromatic carbocycles. The molecule has 1 fully saturated rings. The van der Waals surface area contributed by atoms with E-state index in [-0.39, 0.29) is 10.8 Å². The van der Waals surface area contributed by atoms with Gasteiger partial charge < -0.3 is 10.4 Å². The molecule has 8 heteroatoms. The minimum atomic E-state index is -1.47. The third kappa shape index (κ3) is 4.10. The standard InChI is InChI=1S/C13H13F2NO3S2/c14-10-3-8(9(13(18)19)4-11(10)15)12(17)16-5-7-6-20-1-2-21-7/h3-4,7H,1-2,5-6H2,(H,16,17)(H,18,19). The van der Waals surface area contributed by atoms with Gasteiger partial charge in [0.2, 0.25) is 0 Å². The van der Waals surface area contributed by atoms with Crippen molar-refractivity contribution in [3.05, 3.63) is 34.9 Å². The lowest BCUT2D eigenvalue weighted by atomic mass is 10.1. The lowest BCUT2D eigenvalue weighted by Gasteiger charge is -2.21.